The molecular formula is C20H32O3. The summed E-state index contributed by atoms with van der Waals surface area (Å²) in [6.07, 6.45) is 8.80. The summed E-state index contributed by atoms with van der Waals surface area (Å²) in [6.45, 7) is 9.44. The Balaban J connectivity index is 2.39. The van der Waals surface area contributed by atoms with Crippen molar-refractivity contribution in [2.75, 3.05) is 13.7 Å². The Labute approximate surface area is 141 Å². The summed E-state index contributed by atoms with van der Waals surface area (Å²) >= 11 is 0. The highest BCUT2D eigenvalue weighted by Gasteiger charge is 2.17. The molecule has 0 aliphatic rings. The van der Waals surface area contributed by atoms with Crippen molar-refractivity contribution in [1.29, 1.82) is 0 Å². The SMILES string of the molecule is CCC(C)CCCC(C)(C)OC/C=C/c1ccc(O)c(OC)c1. The molecule has 1 atom stereocenters. The molecule has 23 heavy (non-hydrogen) atoms. The Hall–Kier alpha value is -1.48. The fourth-order valence-corrected chi connectivity index (χ4v) is 2.41. The van der Waals surface area contributed by atoms with E-state index in [-0.39, 0.29) is 11.4 Å². The second-order valence-corrected chi connectivity index (χ2v) is 6.81. The molecule has 0 saturated heterocycles. The summed E-state index contributed by atoms with van der Waals surface area (Å²) in [5.74, 6) is 1.44. The second kappa shape index (κ2) is 9.61. The van der Waals surface area contributed by atoms with Crippen molar-refractivity contribution in [3.8, 4) is 11.5 Å². The minimum Gasteiger partial charge on any atom is -0.504 e. The molecule has 130 valence electrons. The van der Waals surface area contributed by atoms with Gasteiger partial charge in [0.2, 0.25) is 0 Å². The summed E-state index contributed by atoms with van der Waals surface area (Å²) < 4.78 is 11.1. The fraction of sp³-hybridized carbons (Fsp3) is 0.600. The molecule has 0 bridgehead atoms. The normalized spacial score (nSPS) is 13.4. The predicted molar refractivity (Wildman–Crippen MR) is 97.0 cm³/mol. The molecule has 0 aliphatic carbocycles. The standard InChI is InChI=1S/C20H32O3/c1-6-16(2)9-7-13-20(3,4)23-14-8-10-17-11-12-18(21)19(15-17)22-5/h8,10-12,15-16,21H,6-7,9,13-14H2,1-5H3/b10-8+. The molecule has 1 rings (SSSR count). The summed E-state index contributed by atoms with van der Waals surface area (Å²) in [5, 5.41) is 9.58. The molecular weight excluding hydrogens is 288 g/mol. The lowest BCUT2D eigenvalue weighted by Crippen LogP contribution is -2.24. The first kappa shape index (κ1) is 19.6. The van der Waals surface area contributed by atoms with Crippen LogP contribution < -0.4 is 4.74 Å². The fourth-order valence-electron chi connectivity index (χ4n) is 2.41. The molecule has 0 fully saturated rings. The van der Waals surface area contributed by atoms with Gasteiger partial charge < -0.3 is 14.6 Å². The molecule has 3 nitrogen and oxygen atoms in total. The summed E-state index contributed by atoms with van der Waals surface area (Å²) in [6, 6.07) is 5.30. The van der Waals surface area contributed by atoms with Gasteiger partial charge in [-0.25, -0.2) is 0 Å². The van der Waals surface area contributed by atoms with Gasteiger partial charge >= 0.3 is 0 Å². The van der Waals surface area contributed by atoms with E-state index in [9.17, 15) is 5.11 Å². The van der Waals surface area contributed by atoms with Gasteiger partial charge in [-0.2, -0.15) is 0 Å². The largest absolute Gasteiger partial charge is 0.504 e. The lowest BCUT2D eigenvalue weighted by molar-refractivity contribution is -0.00936. The van der Waals surface area contributed by atoms with E-state index >= 15 is 0 Å². The maximum absolute atomic E-state index is 9.58. The average molecular weight is 320 g/mol. The zero-order chi connectivity index (χ0) is 17.3. The van der Waals surface area contributed by atoms with Crippen molar-refractivity contribution in [3.05, 3.63) is 29.8 Å². The van der Waals surface area contributed by atoms with Crippen molar-refractivity contribution in [2.24, 2.45) is 5.92 Å². The van der Waals surface area contributed by atoms with E-state index in [0.29, 0.717) is 12.4 Å². The van der Waals surface area contributed by atoms with Gasteiger partial charge in [0.25, 0.3) is 0 Å². The third-order valence-corrected chi connectivity index (χ3v) is 4.26. The number of phenols is 1. The molecule has 1 aromatic carbocycles. The molecule has 1 unspecified atom stereocenters. The predicted octanol–water partition coefficient (Wildman–Crippen LogP) is 5.43. The zero-order valence-electron chi connectivity index (χ0n) is 15.3. The second-order valence-electron chi connectivity index (χ2n) is 6.81. The first-order chi connectivity index (χ1) is 10.9. The van der Waals surface area contributed by atoms with Crippen LogP contribution in [0.3, 0.4) is 0 Å². The Bertz CT molecular complexity index is 492. The van der Waals surface area contributed by atoms with Crippen molar-refractivity contribution >= 4 is 6.08 Å². The lowest BCUT2D eigenvalue weighted by Gasteiger charge is -2.25. The van der Waals surface area contributed by atoms with E-state index in [2.05, 4.69) is 27.7 Å². The Morgan fingerprint density at radius 3 is 2.70 bits per heavy atom. The number of hydrogen-bond donors (Lipinski definition) is 1. The quantitative estimate of drug-likeness (QED) is 0.625. The van der Waals surface area contributed by atoms with Crippen molar-refractivity contribution in [2.45, 2.75) is 59.0 Å². The minimum absolute atomic E-state index is 0.0928. The molecule has 1 N–H and O–H groups in total. The first-order valence-electron chi connectivity index (χ1n) is 8.55. The molecule has 1 aromatic rings. The van der Waals surface area contributed by atoms with Crippen LogP contribution in [-0.4, -0.2) is 24.4 Å². The molecule has 0 aromatic heterocycles. The Morgan fingerprint density at radius 2 is 2.04 bits per heavy atom. The summed E-state index contributed by atoms with van der Waals surface area (Å²) in [5.41, 5.74) is 0.891. The number of phenolic OH excluding ortho intramolecular Hbond substituents is 1. The number of rotatable bonds is 10. The minimum atomic E-state index is -0.0928. The maximum atomic E-state index is 9.58. The van der Waals surface area contributed by atoms with Crippen LogP contribution in [0.15, 0.2) is 24.3 Å². The van der Waals surface area contributed by atoms with E-state index in [1.165, 1.54) is 19.3 Å². The highest BCUT2D eigenvalue weighted by atomic mass is 16.5. The third kappa shape index (κ3) is 7.56. The van der Waals surface area contributed by atoms with Gasteiger partial charge in [-0.15, -0.1) is 0 Å². The van der Waals surface area contributed by atoms with Gasteiger partial charge in [-0.05, 0) is 43.9 Å². The van der Waals surface area contributed by atoms with Gasteiger partial charge in [0.05, 0.1) is 19.3 Å². The number of methoxy groups -OCH3 is 1. The van der Waals surface area contributed by atoms with Crippen molar-refractivity contribution in [3.63, 3.8) is 0 Å². The van der Waals surface area contributed by atoms with Crippen LogP contribution in [-0.2, 0) is 4.74 Å². The van der Waals surface area contributed by atoms with Gasteiger partial charge in [-0.3, -0.25) is 0 Å². The molecule has 0 spiro atoms. The highest BCUT2D eigenvalue weighted by molar-refractivity contribution is 5.55. The highest BCUT2D eigenvalue weighted by Crippen LogP contribution is 2.27. The topological polar surface area (TPSA) is 38.7 Å². The molecule has 0 radical (unpaired) electrons. The Morgan fingerprint density at radius 1 is 1.30 bits per heavy atom. The van der Waals surface area contributed by atoms with Crippen LogP contribution in [0, 0.1) is 5.92 Å². The van der Waals surface area contributed by atoms with Crippen LogP contribution in [0.5, 0.6) is 11.5 Å². The number of aromatic hydroxyl groups is 1. The third-order valence-electron chi connectivity index (χ3n) is 4.26. The van der Waals surface area contributed by atoms with Crippen LogP contribution in [0.1, 0.15) is 58.9 Å². The van der Waals surface area contributed by atoms with Crippen LogP contribution in [0.2, 0.25) is 0 Å². The summed E-state index contributed by atoms with van der Waals surface area (Å²) in [4.78, 5) is 0. The Kier molecular flexibility index (Phi) is 8.18. The smallest absolute Gasteiger partial charge is 0.161 e. The van der Waals surface area contributed by atoms with Crippen LogP contribution in [0.4, 0.5) is 0 Å². The summed E-state index contributed by atoms with van der Waals surface area (Å²) in [7, 11) is 1.55. The van der Waals surface area contributed by atoms with Crippen LogP contribution >= 0.6 is 0 Å². The lowest BCUT2D eigenvalue weighted by atomic mass is 9.95. The van der Waals surface area contributed by atoms with E-state index in [1.807, 2.05) is 24.3 Å². The van der Waals surface area contributed by atoms with Crippen molar-refractivity contribution < 1.29 is 14.6 Å². The number of hydrogen-bond acceptors (Lipinski definition) is 3. The van der Waals surface area contributed by atoms with Crippen molar-refractivity contribution in [1.82, 2.24) is 0 Å². The van der Waals surface area contributed by atoms with Gasteiger partial charge in [0.15, 0.2) is 11.5 Å². The van der Waals surface area contributed by atoms with E-state index in [0.717, 1.165) is 17.9 Å². The number of ether oxygens (including phenoxy) is 2. The van der Waals surface area contributed by atoms with E-state index in [4.69, 9.17) is 9.47 Å². The number of benzene rings is 1. The molecule has 0 aliphatic heterocycles. The molecule has 3 heteroatoms. The average Bonchev–Trinajstić information content (AvgIpc) is 2.52. The molecule has 0 heterocycles. The monoisotopic (exact) mass is 320 g/mol. The zero-order valence-corrected chi connectivity index (χ0v) is 15.3. The van der Waals surface area contributed by atoms with E-state index < -0.39 is 0 Å². The van der Waals surface area contributed by atoms with E-state index in [1.54, 1.807) is 13.2 Å². The maximum Gasteiger partial charge on any atom is 0.161 e. The van der Waals surface area contributed by atoms with Gasteiger partial charge in [-0.1, -0.05) is 51.3 Å². The van der Waals surface area contributed by atoms with Gasteiger partial charge in [0, 0.05) is 0 Å². The first-order valence-corrected chi connectivity index (χ1v) is 8.55. The molecule has 0 amide bonds. The van der Waals surface area contributed by atoms with Crippen LogP contribution in [0.25, 0.3) is 6.08 Å². The van der Waals surface area contributed by atoms with Gasteiger partial charge in [0.1, 0.15) is 0 Å². The molecule has 0 saturated carbocycles.